The standard InChI is InChI=1S/C10H16OSi/c1-9(2)8-12-11-10-6-4-3-5-7-10/h6,8H,3-5,7H2,1-2H3. The van der Waals surface area contributed by atoms with Crippen LogP contribution in [0.15, 0.2) is 23.1 Å². The summed E-state index contributed by atoms with van der Waals surface area (Å²) in [6, 6.07) is 0. The van der Waals surface area contributed by atoms with Crippen molar-refractivity contribution < 1.29 is 4.43 Å². The Balaban J connectivity index is 2.22. The van der Waals surface area contributed by atoms with Gasteiger partial charge in [-0.3, -0.25) is 0 Å². The Morgan fingerprint density at radius 1 is 1.50 bits per heavy atom. The van der Waals surface area contributed by atoms with Gasteiger partial charge in [-0.1, -0.05) is 11.3 Å². The molecule has 0 fully saturated rings. The van der Waals surface area contributed by atoms with Crippen LogP contribution in [0.3, 0.4) is 0 Å². The molecule has 0 spiro atoms. The molecule has 1 aliphatic rings. The SMILES string of the molecule is CC(C)=C[Si]OC1=CCCCC1. The normalized spacial score (nSPS) is 16.7. The molecule has 0 atom stereocenters. The summed E-state index contributed by atoms with van der Waals surface area (Å²) in [5.41, 5.74) is 3.49. The lowest BCUT2D eigenvalue weighted by Crippen LogP contribution is -2.00. The summed E-state index contributed by atoms with van der Waals surface area (Å²) in [6.45, 7) is 4.21. The van der Waals surface area contributed by atoms with Gasteiger partial charge in [-0.05, 0) is 39.2 Å². The van der Waals surface area contributed by atoms with Gasteiger partial charge in [0.05, 0.1) is 5.76 Å². The summed E-state index contributed by atoms with van der Waals surface area (Å²) in [5.74, 6) is 1.21. The van der Waals surface area contributed by atoms with Crippen molar-refractivity contribution in [1.82, 2.24) is 0 Å². The maximum absolute atomic E-state index is 5.61. The summed E-state index contributed by atoms with van der Waals surface area (Å²) in [7, 11) is 0.513. The van der Waals surface area contributed by atoms with E-state index in [1.54, 1.807) is 0 Å². The van der Waals surface area contributed by atoms with E-state index in [0.717, 1.165) is 6.42 Å². The molecule has 12 heavy (non-hydrogen) atoms. The number of hydrogen-bond acceptors (Lipinski definition) is 1. The molecule has 0 saturated heterocycles. The largest absolute Gasteiger partial charge is 0.540 e. The first-order chi connectivity index (χ1) is 5.79. The van der Waals surface area contributed by atoms with Crippen molar-refractivity contribution >= 4 is 9.76 Å². The second-order valence-corrected chi connectivity index (χ2v) is 4.09. The molecule has 0 aliphatic heterocycles. The molecule has 1 aliphatic carbocycles. The second-order valence-electron chi connectivity index (χ2n) is 3.36. The highest BCUT2D eigenvalue weighted by Crippen LogP contribution is 2.17. The van der Waals surface area contributed by atoms with Crippen LogP contribution >= 0.6 is 0 Å². The van der Waals surface area contributed by atoms with Crippen LogP contribution in [0.5, 0.6) is 0 Å². The van der Waals surface area contributed by atoms with E-state index in [1.807, 2.05) is 0 Å². The van der Waals surface area contributed by atoms with E-state index in [0.29, 0.717) is 9.76 Å². The van der Waals surface area contributed by atoms with Gasteiger partial charge >= 0.3 is 9.76 Å². The molecule has 2 radical (unpaired) electrons. The van der Waals surface area contributed by atoms with Crippen LogP contribution in [0.4, 0.5) is 0 Å². The van der Waals surface area contributed by atoms with Crippen molar-refractivity contribution in [2.75, 3.05) is 0 Å². The third-order valence-electron chi connectivity index (χ3n) is 1.79. The summed E-state index contributed by atoms with van der Waals surface area (Å²) < 4.78 is 5.61. The van der Waals surface area contributed by atoms with Gasteiger partial charge in [0.2, 0.25) is 0 Å². The van der Waals surface area contributed by atoms with Gasteiger partial charge in [-0.15, -0.1) is 0 Å². The fraction of sp³-hybridized carbons (Fsp3) is 0.600. The van der Waals surface area contributed by atoms with Gasteiger partial charge in [0.15, 0.2) is 0 Å². The molecular weight excluding hydrogens is 164 g/mol. The van der Waals surface area contributed by atoms with Crippen LogP contribution in [0.2, 0.25) is 0 Å². The molecule has 0 amide bonds. The van der Waals surface area contributed by atoms with Crippen molar-refractivity contribution in [1.29, 1.82) is 0 Å². The van der Waals surface area contributed by atoms with E-state index in [9.17, 15) is 0 Å². The predicted molar refractivity (Wildman–Crippen MR) is 52.8 cm³/mol. The van der Waals surface area contributed by atoms with E-state index in [1.165, 1.54) is 30.6 Å². The van der Waals surface area contributed by atoms with E-state index >= 15 is 0 Å². The van der Waals surface area contributed by atoms with E-state index in [-0.39, 0.29) is 0 Å². The van der Waals surface area contributed by atoms with Gasteiger partial charge in [0, 0.05) is 6.42 Å². The van der Waals surface area contributed by atoms with E-state index < -0.39 is 0 Å². The lowest BCUT2D eigenvalue weighted by atomic mass is 10.1. The van der Waals surface area contributed by atoms with Gasteiger partial charge in [-0.25, -0.2) is 0 Å². The van der Waals surface area contributed by atoms with Gasteiger partial charge < -0.3 is 4.43 Å². The zero-order valence-electron chi connectivity index (χ0n) is 7.89. The molecule has 0 aromatic heterocycles. The first kappa shape index (κ1) is 9.58. The molecule has 0 N–H and O–H groups in total. The maximum Gasteiger partial charge on any atom is 0.342 e. The van der Waals surface area contributed by atoms with E-state index in [2.05, 4.69) is 25.6 Å². The molecule has 0 unspecified atom stereocenters. The van der Waals surface area contributed by atoms with Crippen molar-refractivity contribution in [3.63, 3.8) is 0 Å². The summed E-state index contributed by atoms with van der Waals surface area (Å²) in [4.78, 5) is 0. The fourth-order valence-corrected chi connectivity index (χ4v) is 1.76. The van der Waals surface area contributed by atoms with Crippen LogP contribution in [0, 0.1) is 0 Å². The van der Waals surface area contributed by atoms with Crippen molar-refractivity contribution in [3.8, 4) is 0 Å². The van der Waals surface area contributed by atoms with Crippen molar-refractivity contribution in [2.24, 2.45) is 0 Å². The zero-order chi connectivity index (χ0) is 8.81. The highest BCUT2D eigenvalue weighted by Gasteiger charge is 2.03. The third kappa shape index (κ3) is 3.76. The Bertz CT molecular complexity index is 190. The van der Waals surface area contributed by atoms with Crippen LogP contribution in [0.25, 0.3) is 0 Å². The fourth-order valence-electron chi connectivity index (χ4n) is 1.12. The third-order valence-corrected chi connectivity index (χ3v) is 2.86. The Kier molecular flexibility index (Phi) is 4.15. The van der Waals surface area contributed by atoms with Crippen molar-refractivity contribution in [3.05, 3.63) is 23.1 Å². The summed E-state index contributed by atoms with van der Waals surface area (Å²) >= 11 is 0. The zero-order valence-corrected chi connectivity index (χ0v) is 8.89. The molecule has 1 rings (SSSR count). The molecule has 0 saturated carbocycles. The maximum atomic E-state index is 5.61. The number of hydrogen-bond donors (Lipinski definition) is 0. The minimum atomic E-state index is 0.513. The number of rotatable bonds is 3. The molecule has 1 nitrogen and oxygen atoms in total. The highest BCUT2D eigenvalue weighted by atomic mass is 28.2. The molecular formula is C10H16OSi. The Labute approximate surface area is 77.4 Å². The van der Waals surface area contributed by atoms with Crippen LogP contribution < -0.4 is 0 Å². The summed E-state index contributed by atoms with van der Waals surface area (Å²) in [5, 5.41) is 0. The second kappa shape index (κ2) is 5.20. The minimum Gasteiger partial charge on any atom is -0.540 e. The molecule has 0 bridgehead atoms. The quantitative estimate of drug-likeness (QED) is 0.607. The minimum absolute atomic E-state index is 0.513. The first-order valence-electron chi connectivity index (χ1n) is 4.54. The highest BCUT2D eigenvalue weighted by molar-refractivity contribution is 6.34. The van der Waals surface area contributed by atoms with Crippen LogP contribution in [-0.2, 0) is 4.43 Å². The molecule has 66 valence electrons. The molecule has 0 heterocycles. The summed E-state index contributed by atoms with van der Waals surface area (Å²) in [6.07, 6.45) is 7.21. The van der Waals surface area contributed by atoms with E-state index in [4.69, 9.17) is 4.43 Å². The van der Waals surface area contributed by atoms with Gasteiger partial charge in [0.1, 0.15) is 0 Å². The van der Waals surface area contributed by atoms with Crippen molar-refractivity contribution in [2.45, 2.75) is 39.5 Å². The molecule has 0 aromatic carbocycles. The van der Waals surface area contributed by atoms with Gasteiger partial charge in [-0.2, -0.15) is 0 Å². The topological polar surface area (TPSA) is 9.23 Å². The van der Waals surface area contributed by atoms with Crippen LogP contribution in [-0.4, -0.2) is 9.76 Å². The smallest absolute Gasteiger partial charge is 0.342 e. The lowest BCUT2D eigenvalue weighted by Gasteiger charge is -2.12. The lowest BCUT2D eigenvalue weighted by molar-refractivity contribution is 0.409. The first-order valence-corrected chi connectivity index (χ1v) is 5.52. The predicted octanol–water partition coefficient (Wildman–Crippen LogP) is 3.00. The Morgan fingerprint density at radius 3 is 2.92 bits per heavy atom. The van der Waals surface area contributed by atoms with Crippen LogP contribution in [0.1, 0.15) is 39.5 Å². The number of allylic oxidation sites excluding steroid dienone is 3. The molecule has 0 aromatic rings. The average Bonchev–Trinajstić information content (AvgIpc) is 2.05. The molecule has 2 heteroatoms. The van der Waals surface area contributed by atoms with Gasteiger partial charge in [0.25, 0.3) is 0 Å². The Morgan fingerprint density at radius 2 is 2.33 bits per heavy atom. The average molecular weight is 180 g/mol. The Hall–Kier alpha value is -0.503. The monoisotopic (exact) mass is 180 g/mol.